The standard InChI is InChI=1S/C34H32FN3O6/c1-19-24-16-26-21(6-5-12-34(26,2)17-29(24)44-33(19)42)18-43-30(39)11-13-36-31(40)25-14-20(9-10-27(25)35)15-28-22-7-3-4-8-23(22)32(41)38-37-28/h3-4,6-10,14,16,24,29H,1,5,11-13,15,17-18H2,2H3,(H,36,40)(H,38,41)/t24?,29?,34-/m1/s1. The molecule has 2 heterocycles. The molecule has 1 amide bonds. The maximum absolute atomic E-state index is 14.6. The Kier molecular flexibility index (Phi) is 7.75. The average molecular weight is 598 g/mol. The minimum Gasteiger partial charge on any atom is -0.461 e. The zero-order valence-corrected chi connectivity index (χ0v) is 24.3. The molecule has 0 spiro atoms. The van der Waals surface area contributed by atoms with Crippen LogP contribution in [0.1, 0.15) is 54.2 Å². The van der Waals surface area contributed by atoms with E-state index in [0.29, 0.717) is 34.0 Å². The quantitative estimate of drug-likeness (QED) is 0.290. The second-order valence-corrected chi connectivity index (χ2v) is 11.8. The second kappa shape index (κ2) is 11.7. The highest BCUT2D eigenvalue weighted by Gasteiger charge is 2.48. The van der Waals surface area contributed by atoms with Crippen molar-refractivity contribution in [3.05, 3.63) is 111 Å². The number of fused-ring (bicyclic) bond motifs is 3. The fraction of sp³-hybridized carbons (Fsp3) is 0.324. The Balaban J connectivity index is 1.04. The first-order valence-electron chi connectivity index (χ1n) is 14.6. The molecule has 3 aromatic rings. The Morgan fingerprint density at radius 2 is 2.00 bits per heavy atom. The molecule has 44 heavy (non-hydrogen) atoms. The van der Waals surface area contributed by atoms with Crippen LogP contribution in [0, 0.1) is 17.2 Å². The van der Waals surface area contributed by atoms with E-state index >= 15 is 0 Å². The molecule has 3 atom stereocenters. The molecule has 1 aromatic heterocycles. The zero-order chi connectivity index (χ0) is 31.0. The third-order valence-electron chi connectivity index (χ3n) is 8.83. The van der Waals surface area contributed by atoms with Gasteiger partial charge >= 0.3 is 11.9 Å². The largest absolute Gasteiger partial charge is 0.461 e. The summed E-state index contributed by atoms with van der Waals surface area (Å²) in [4.78, 5) is 49.5. The van der Waals surface area contributed by atoms with Crippen molar-refractivity contribution in [3.8, 4) is 0 Å². The molecule has 226 valence electrons. The predicted octanol–water partition coefficient (Wildman–Crippen LogP) is 4.47. The monoisotopic (exact) mass is 597 g/mol. The number of nitrogens with zero attached hydrogens (tertiary/aromatic N) is 1. The highest BCUT2D eigenvalue weighted by molar-refractivity contribution is 5.95. The van der Waals surface area contributed by atoms with E-state index in [4.69, 9.17) is 9.47 Å². The van der Waals surface area contributed by atoms with Gasteiger partial charge in [-0.3, -0.25) is 14.4 Å². The summed E-state index contributed by atoms with van der Waals surface area (Å²) in [5.41, 5.74) is 3.00. The molecule has 3 aliphatic rings. The number of carbonyl (C=O) groups excluding carboxylic acids is 3. The van der Waals surface area contributed by atoms with E-state index in [1.54, 1.807) is 30.3 Å². The van der Waals surface area contributed by atoms with Gasteiger partial charge in [0, 0.05) is 29.8 Å². The van der Waals surface area contributed by atoms with Crippen LogP contribution in [0.2, 0.25) is 0 Å². The van der Waals surface area contributed by atoms with Crippen molar-refractivity contribution in [1.29, 1.82) is 0 Å². The molecule has 2 unspecified atom stereocenters. The number of aromatic nitrogens is 2. The second-order valence-electron chi connectivity index (χ2n) is 11.8. The fourth-order valence-corrected chi connectivity index (χ4v) is 6.46. The first-order chi connectivity index (χ1) is 21.1. The Morgan fingerprint density at radius 1 is 1.20 bits per heavy atom. The summed E-state index contributed by atoms with van der Waals surface area (Å²) >= 11 is 0. The molecule has 1 saturated heterocycles. The molecule has 2 aromatic carbocycles. The van der Waals surface area contributed by atoms with Gasteiger partial charge in [-0.15, -0.1) is 0 Å². The van der Waals surface area contributed by atoms with Crippen molar-refractivity contribution in [3.63, 3.8) is 0 Å². The fourth-order valence-electron chi connectivity index (χ4n) is 6.46. The van der Waals surface area contributed by atoms with Crippen molar-refractivity contribution in [2.24, 2.45) is 11.3 Å². The summed E-state index contributed by atoms with van der Waals surface area (Å²) in [7, 11) is 0. The SMILES string of the molecule is C=C1C(=O)OC2C[C@@]3(C)CCC=C(COC(=O)CCNC(=O)c4cc(Cc5n[nH]c(=O)c6ccccc56)ccc4F)C3=CC12. The number of hydrogen-bond acceptors (Lipinski definition) is 7. The van der Waals surface area contributed by atoms with Crippen molar-refractivity contribution < 1.29 is 28.2 Å². The number of carbonyl (C=O) groups is 3. The lowest BCUT2D eigenvalue weighted by Gasteiger charge is -2.42. The summed E-state index contributed by atoms with van der Waals surface area (Å²) in [6.45, 7) is 6.08. The number of allylic oxidation sites excluding steroid dienone is 1. The topological polar surface area (TPSA) is 127 Å². The maximum Gasteiger partial charge on any atom is 0.334 e. The number of aromatic amines is 1. The van der Waals surface area contributed by atoms with Gasteiger partial charge in [0.15, 0.2) is 0 Å². The van der Waals surface area contributed by atoms with Gasteiger partial charge in [0.25, 0.3) is 11.5 Å². The van der Waals surface area contributed by atoms with Gasteiger partial charge in [0.2, 0.25) is 0 Å². The van der Waals surface area contributed by atoms with E-state index in [9.17, 15) is 23.6 Å². The normalized spacial score (nSPS) is 22.4. The van der Waals surface area contributed by atoms with Crippen molar-refractivity contribution in [2.75, 3.05) is 13.2 Å². The molecule has 2 N–H and O–H groups in total. The van der Waals surface area contributed by atoms with Crippen LogP contribution in [0.3, 0.4) is 0 Å². The smallest absolute Gasteiger partial charge is 0.334 e. The average Bonchev–Trinajstić information content (AvgIpc) is 3.28. The predicted molar refractivity (Wildman–Crippen MR) is 160 cm³/mol. The third kappa shape index (κ3) is 5.59. The lowest BCUT2D eigenvalue weighted by molar-refractivity contribution is -0.143. The Morgan fingerprint density at radius 3 is 2.82 bits per heavy atom. The van der Waals surface area contributed by atoms with Crippen LogP contribution in [-0.4, -0.2) is 47.3 Å². The molecular weight excluding hydrogens is 565 g/mol. The van der Waals surface area contributed by atoms with E-state index in [2.05, 4.69) is 35.1 Å². The minimum absolute atomic E-state index is 0.0318. The van der Waals surface area contributed by atoms with Crippen molar-refractivity contribution >= 4 is 28.6 Å². The number of amides is 1. The highest BCUT2D eigenvalue weighted by atomic mass is 19.1. The van der Waals surface area contributed by atoms with Gasteiger partial charge in [0.1, 0.15) is 18.5 Å². The molecule has 0 bridgehead atoms. The first-order valence-corrected chi connectivity index (χ1v) is 14.6. The number of esters is 2. The number of H-pyrrole nitrogens is 1. The molecular formula is C34H32FN3O6. The molecule has 1 aliphatic heterocycles. The zero-order valence-electron chi connectivity index (χ0n) is 24.3. The Bertz CT molecular complexity index is 1820. The number of nitrogens with one attached hydrogen (secondary N) is 2. The molecule has 0 radical (unpaired) electrons. The van der Waals surface area contributed by atoms with Gasteiger partial charge in [-0.2, -0.15) is 5.10 Å². The van der Waals surface area contributed by atoms with E-state index < -0.39 is 17.7 Å². The maximum atomic E-state index is 14.6. The van der Waals surface area contributed by atoms with E-state index in [1.165, 1.54) is 12.1 Å². The first kappa shape index (κ1) is 29.2. The molecule has 0 saturated carbocycles. The van der Waals surface area contributed by atoms with Gasteiger partial charge in [-0.05, 0) is 59.6 Å². The third-order valence-corrected chi connectivity index (χ3v) is 8.83. The van der Waals surface area contributed by atoms with Gasteiger partial charge in [-0.1, -0.05) is 49.9 Å². The van der Waals surface area contributed by atoms with E-state index in [1.807, 2.05) is 6.08 Å². The Labute approximate surface area is 252 Å². The van der Waals surface area contributed by atoms with Gasteiger partial charge < -0.3 is 14.8 Å². The summed E-state index contributed by atoms with van der Waals surface area (Å²) in [6, 6.07) is 11.3. The lowest BCUT2D eigenvalue weighted by Crippen LogP contribution is -2.36. The van der Waals surface area contributed by atoms with Gasteiger partial charge in [0.05, 0.1) is 23.1 Å². The number of hydrogen-bond donors (Lipinski definition) is 2. The van der Waals surface area contributed by atoms with Crippen LogP contribution < -0.4 is 10.9 Å². The van der Waals surface area contributed by atoms with Crippen LogP contribution >= 0.6 is 0 Å². The number of rotatable bonds is 8. The summed E-state index contributed by atoms with van der Waals surface area (Å²) < 4.78 is 25.7. The summed E-state index contributed by atoms with van der Waals surface area (Å²) in [5.74, 6) is -2.38. The lowest BCUT2D eigenvalue weighted by atomic mass is 9.63. The van der Waals surface area contributed by atoms with Crippen LogP contribution in [0.5, 0.6) is 0 Å². The molecule has 6 rings (SSSR count). The van der Waals surface area contributed by atoms with Crippen LogP contribution in [0.15, 0.2) is 82.7 Å². The van der Waals surface area contributed by atoms with Gasteiger partial charge in [-0.25, -0.2) is 14.3 Å². The molecule has 9 nitrogen and oxygen atoms in total. The number of benzene rings is 2. The summed E-state index contributed by atoms with van der Waals surface area (Å²) in [6.07, 6.45) is 6.50. The highest BCUT2D eigenvalue weighted by Crippen LogP contribution is 2.52. The van der Waals surface area contributed by atoms with Crippen LogP contribution in [0.4, 0.5) is 4.39 Å². The van der Waals surface area contributed by atoms with E-state index in [0.717, 1.165) is 24.0 Å². The minimum atomic E-state index is -0.694. The molecule has 2 aliphatic carbocycles. The Hall–Kier alpha value is -4.86. The molecule has 10 heteroatoms. The number of ether oxygens (including phenoxy) is 2. The van der Waals surface area contributed by atoms with Crippen molar-refractivity contribution in [2.45, 2.75) is 45.1 Å². The van der Waals surface area contributed by atoms with E-state index in [-0.39, 0.29) is 60.5 Å². The van der Waals surface area contributed by atoms with Crippen LogP contribution in [0.25, 0.3) is 10.8 Å². The van der Waals surface area contributed by atoms with Crippen molar-refractivity contribution in [1.82, 2.24) is 15.5 Å². The number of halogens is 1. The summed E-state index contributed by atoms with van der Waals surface area (Å²) in [5, 5.41) is 10.4. The van der Waals surface area contributed by atoms with Crippen LogP contribution in [-0.2, 0) is 25.5 Å². The molecule has 1 fully saturated rings.